The number of halogens is 2. The average Bonchev–Trinajstić information content (AvgIpc) is 2.38. The van der Waals surface area contributed by atoms with Crippen molar-refractivity contribution in [3.8, 4) is 0 Å². The van der Waals surface area contributed by atoms with Gasteiger partial charge in [-0.2, -0.15) is 0 Å². The standard InChI is InChI=1S/C15H16F2N2O/c1-9-6-14(17)12(7-13(9)16)10(2)18-11-4-5-15(20)19(3)8-11/h4-8,10,18H,1-3H3. The van der Waals surface area contributed by atoms with E-state index < -0.39 is 17.7 Å². The van der Waals surface area contributed by atoms with Crippen molar-refractivity contribution >= 4 is 5.69 Å². The van der Waals surface area contributed by atoms with Crippen molar-refractivity contribution in [2.24, 2.45) is 7.05 Å². The van der Waals surface area contributed by atoms with Gasteiger partial charge in [-0.15, -0.1) is 0 Å². The highest BCUT2D eigenvalue weighted by Gasteiger charge is 2.14. The first-order valence-corrected chi connectivity index (χ1v) is 6.27. The molecule has 1 atom stereocenters. The van der Waals surface area contributed by atoms with Crippen LogP contribution in [0.25, 0.3) is 0 Å². The van der Waals surface area contributed by atoms with Gasteiger partial charge in [0.25, 0.3) is 0 Å². The van der Waals surface area contributed by atoms with Crippen molar-refractivity contribution in [3.63, 3.8) is 0 Å². The summed E-state index contributed by atoms with van der Waals surface area (Å²) in [5.41, 5.74) is 1.07. The molecule has 0 radical (unpaired) electrons. The minimum atomic E-state index is -0.450. The molecular formula is C15H16F2N2O. The van der Waals surface area contributed by atoms with Crippen LogP contribution in [0.2, 0.25) is 0 Å². The fourth-order valence-electron chi connectivity index (χ4n) is 2.00. The highest BCUT2D eigenvalue weighted by molar-refractivity contribution is 5.43. The third kappa shape index (κ3) is 2.87. The Bertz CT molecular complexity index is 695. The number of nitrogens with zero attached hydrogens (tertiary/aromatic N) is 1. The summed E-state index contributed by atoms with van der Waals surface area (Å²) in [6.45, 7) is 3.26. The molecule has 0 saturated carbocycles. The van der Waals surface area contributed by atoms with E-state index in [0.717, 1.165) is 0 Å². The van der Waals surface area contributed by atoms with Crippen LogP contribution in [0, 0.1) is 18.6 Å². The Labute approximate surface area is 115 Å². The molecule has 3 nitrogen and oxygen atoms in total. The second kappa shape index (κ2) is 5.45. The third-order valence-corrected chi connectivity index (χ3v) is 3.21. The van der Waals surface area contributed by atoms with E-state index in [4.69, 9.17) is 0 Å². The van der Waals surface area contributed by atoms with Crippen molar-refractivity contribution in [3.05, 3.63) is 63.6 Å². The molecule has 0 aliphatic heterocycles. The van der Waals surface area contributed by atoms with Gasteiger partial charge in [0.15, 0.2) is 0 Å². The van der Waals surface area contributed by atoms with Gasteiger partial charge in [0, 0.05) is 24.9 Å². The van der Waals surface area contributed by atoms with Gasteiger partial charge in [0.2, 0.25) is 5.56 Å². The molecule has 20 heavy (non-hydrogen) atoms. The fraction of sp³-hybridized carbons (Fsp3) is 0.267. The summed E-state index contributed by atoms with van der Waals surface area (Å²) >= 11 is 0. The number of pyridine rings is 1. The van der Waals surface area contributed by atoms with E-state index in [1.54, 1.807) is 26.2 Å². The first-order chi connectivity index (χ1) is 9.38. The maximum absolute atomic E-state index is 13.9. The number of anilines is 1. The van der Waals surface area contributed by atoms with Crippen molar-refractivity contribution in [1.82, 2.24) is 4.57 Å². The lowest BCUT2D eigenvalue weighted by Gasteiger charge is -2.17. The van der Waals surface area contributed by atoms with Crippen molar-refractivity contribution in [2.75, 3.05) is 5.32 Å². The summed E-state index contributed by atoms with van der Waals surface area (Å²) in [6, 6.07) is 5.00. The molecular weight excluding hydrogens is 262 g/mol. The van der Waals surface area contributed by atoms with Crippen LogP contribution in [0.5, 0.6) is 0 Å². The topological polar surface area (TPSA) is 34.0 Å². The second-order valence-corrected chi connectivity index (χ2v) is 4.86. The molecule has 1 heterocycles. The monoisotopic (exact) mass is 278 g/mol. The second-order valence-electron chi connectivity index (χ2n) is 4.86. The Balaban J connectivity index is 2.28. The zero-order valence-corrected chi connectivity index (χ0v) is 11.6. The van der Waals surface area contributed by atoms with E-state index in [9.17, 15) is 13.6 Å². The van der Waals surface area contributed by atoms with Gasteiger partial charge < -0.3 is 9.88 Å². The fourth-order valence-corrected chi connectivity index (χ4v) is 2.00. The summed E-state index contributed by atoms with van der Waals surface area (Å²) in [5.74, 6) is -0.885. The Morgan fingerprint density at radius 2 is 1.90 bits per heavy atom. The average molecular weight is 278 g/mol. The molecule has 1 aromatic heterocycles. The molecule has 0 aliphatic carbocycles. The van der Waals surface area contributed by atoms with E-state index >= 15 is 0 Å². The number of aryl methyl sites for hydroxylation is 2. The highest BCUT2D eigenvalue weighted by atomic mass is 19.1. The SMILES string of the molecule is Cc1cc(F)c(C(C)Nc2ccc(=O)n(C)c2)cc1F. The molecule has 1 unspecified atom stereocenters. The summed E-state index contributed by atoms with van der Waals surface area (Å²) in [4.78, 5) is 11.3. The maximum Gasteiger partial charge on any atom is 0.250 e. The summed E-state index contributed by atoms with van der Waals surface area (Å²) in [5, 5.41) is 3.05. The largest absolute Gasteiger partial charge is 0.377 e. The van der Waals surface area contributed by atoms with Gasteiger partial charge in [-0.1, -0.05) is 0 Å². The van der Waals surface area contributed by atoms with E-state index in [-0.39, 0.29) is 16.7 Å². The molecule has 1 N–H and O–H groups in total. The van der Waals surface area contributed by atoms with Gasteiger partial charge >= 0.3 is 0 Å². The minimum Gasteiger partial charge on any atom is -0.377 e. The summed E-state index contributed by atoms with van der Waals surface area (Å²) in [6.07, 6.45) is 1.61. The lowest BCUT2D eigenvalue weighted by atomic mass is 10.0. The van der Waals surface area contributed by atoms with Gasteiger partial charge in [0.1, 0.15) is 11.6 Å². The Kier molecular flexibility index (Phi) is 3.88. The van der Waals surface area contributed by atoms with Crippen molar-refractivity contribution < 1.29 is 8.78 Å². The quantitative estimate of drug-likeness (QED) is 0.935. The minimum absolute atomic E-state index is 0.129. The van der Waals surface area contributed by atoms with E-state index in [1.807, 2.05) is 0 Å². The van der Waals surface area contributed by atoms with Crippen LogP contribution in [0.1, 0.15) is 24.1 Å². The Morgan fingerprint density at radius 3 is 2.55 bits per heavy atom. The third-order valence-electron chi connectivity index (χ3n) is 3.21. The van der Waals surface area contributed by atoms with E-state index in [2.05, 4.69) is 5.32 Å². The molecule has 0 aliphatic rings. The molecule has 106 valence electrons. The molecule has 0 fully saturated rings. The molecule has 0 bridgehead atoms. The van der Waals surface area contributed by atoms with Crippen molar-refractivity contribution in [2.45, 2.75) is 19.9 Å². The predicted octanol–water partition coefficient (Wildman–Crippen LogP) is 3.15. The van der Waals surface area contributed by atoms with Crippen LogP contribution in [0.4, 0.5) is 14.5 Å². The Morgan fingerprint density at radius 1 is 1.20 bits per heavy atom. The molecule has 2 aromatic rings. The normalized spacial score (nSPS) is 12.2. The van der Waals surface area contributed by atoms with E-state index in [0.29, 0.717) is 5.69 Å². The van der Waals surface area contributed by atoms with Crippen LogP contribution < -0.4 is 10.9 Å². The van der Waals surface area contributed by atoms with Crippen LogP contribution in [0.15, 0.2) is 35.3 Å². The number of hydrogen-bond acceptors (Lipinski definition) is 2. The number of rotatable bonds is 3. The zero-order valence-electron chi connectivity index (χ0n) is 11.6. The molecule has 2 rings (SSSR count). The highest BCUT2D eigenvalue weighted by Crippen LogP contribution is 2.23. The van der Waals surface area contributed by atoms with Crippen LogP contribution >= 0.6 is 0 Å². The summed E-state index contributed by atoms with van der Waals surface area (Å²) in [7, 11) is 1.63. The molecule has 5 heteroatoms. The lowest BCUT2D eigenvalue weighted by Crippen LogP contribution is -2.16. The van der Waals surface area contributed by atoms with Crippen LogP contribution in [-0.2, 0) is 7.05 Å². The van der Waals surface area contributed by atoms with Crippen molar-refractivity contribution in [1.29, 1.82) is 0 Å². The zero-order chi connectivity index (χ0) is 14.9. The van der Waals surface area contributed by atoms with Crippen LogP contribution in [-0.4, -0.2) is 4.57 Å². The maximum atomic E-state index is 13.9. The number of benzene rings is 1. The van der Waals surface area contributed by atoms with Gasteiger partial charge in [-0.25, -0.2) is 8.78 Å². The number of nitrogens with one attached hydrogen (secondary N) is 1. The molecule has 0 spiro atoms. The number of aromatic nitrogens is 1. The molecule has 0 amide bonds. The number of hydrogen-bond donors (Lipinski definition) is 1. The summed E-state index contributed by atoms with van der Waals surface area (Å²) < 4.78 is 28.8. The van der Waals surface area contributed by atoms with Gasteiger partial charge in [-0.3, -0.25) is 4.79 Å². The van der Waals surface area contributed by atoms with Crippen LogP contribution in [0.3, 0.4) is 0 Å². The molecule has 1 aromatic carbocycles. The molecule has 0 saturated heterocycles. The Hall–Kier alpha value is -2.17. The predicted molar refractivity (Wildman–Crippen MR) is 74.8 cm³/mol. The lowest BCUT2D eigenvalue weighted by molar-refractivity contribution is 0.571. The smallest absolute Gasteiger partial charge is 0.250 e. The van der Waals surface area contributed by atoms with Gasteiger partial charge in [-0.05, 0) is 37.6 Å². The van der Waals surface area contributed by atoms with Gasteiger partial charge in [0.05, 0.1) is 11.7 Å². The first-order valence-electron chi connectivity index (χ1n) is 6.27. The first kappa shape index (κ1) is 14.2. The van der Waals surface area contributed by atoms with E-state index in [1.165, 1.54) is 29.7 Å².